The zero-order valence-corrected chi connectivity index (χ0v) is 10.8. The van der Waals surface area contributed by atoms with Gasteiger partial charge in [0.1, 0.15) is 16.8 Å². The molecule has 2 aromatic rings. The van der Waals surface area contributed by atoms with Crippen LogP contribution in [0, 0.1) is 17.1 Å². The Balaban J connectivity index is 1.94. The van der Waals surface area contributed by atoms with Crippen LogP contribution in [0.3, 0.4) is 0 Å². The van der Waals surface area contributed by atoms with E-state index < -0.39 is 0 Å². The van der Waals surface area contributed by atoms with E-state index in [2.05, 4.69) is 11.4 Å². The van der Waals surface area contributed by atoms with E-state index in [1.54, 1.807) is 12.1 Å². The summed E-state index contributed by atoms with van der Waals surface area (Å²) in [5.74, 6) is -0.220. The molecule has 0 amide bonds. The average Bonchev–Trinajstić information content (AvgIpc) is 2.85. The summed E-state index contributed by atoms with van der Waals surface area (Å²) >= 11 is 1.49. The summed E-state index contributed by atoms with van der Waals surface area (Å²) in [6, 6.07) is 12.5. The minimum Gasteiger partial charge on any atom is -0.305 e. The summed E-state index contributed by atoms with van der Waals surface area (Å²) in [5, 5.41) is 12.1. The first-order valence-corrected chi connectivity index (χ1v) is 6.48. The first-order valence-electron chi connectivity index (χ1n) is 5.66. The number of hydrogen-bond donors (Lipinski definition) is 1. The second-order valence-corrected chi connectivity index (χ2v) is 5.20. The Morgan fingerprint density at radius 3 is 2.61 bits per heavy atom. The largest absolute Gasteiger partial charge is 0.305 e. The summed E-state index contributed by atoms with van der Waals surface area (Å²) in [7, 11) is 0. The van der Waals surface area contributed by atoms with Gasteiger partial charge in [0.2, 0.25) is 0 Å². The summed E-state index contributed by atoms with van der Waals surface area (Å²) in [6.07, 6.45) is 0. The highest BCUT2D eigenvalue weighted by atomic mass is 32.1. The number of hydrogen-bond acceptors (Lipinski definition) is 3. The third-order valence-electron chi connectivity index (χ3n) is 2.72. The Hall–Kier alpha value is -1.70. The molecule has 2 nitrogen and oxygen atoms in total. The van der Waals surface area contributed by atoms with Crippen molar-refractivity contribution in [3.63, 3.8) is 0 Å². The van der Waals surface area contributed by atoms with Crippen LogP contribution < -0.4 is 5.32 Å². The summed E-state index contributed by atoms with van der Waals surface area (Å²) in [4.78, 5) is 1.85. The van der Waals surface area contributed by atoms with Crippen molar-refractivity contribution in [1.29, 1.82) is 5.26 Å². The molecule has 4 heteroatoms. The van der Waals surface area contributed by atoms with E-state index in [1.807, 2.05) is 19.1 Å². The van der Waals surface area contributed by atoms with Crippen molar-refractivity contribution in [2.75, 3.05) is 0 Å². The van der Waals surface area contributed by atoms with Crippen LogP contribution in [-0.4, -0.2) is 0 Å². The zero-order chi connectivity index (χ0) is 13.0. The molecule has 0 radical (unpaired) electrons. The number of rotatable bonds is 4. The van der Waals surface area contributed by atoms with Crippen molar-refractivity contribution in [3.8, 4) is 6.07 Å². The molecule has 0 aliphatic heterocycles. The minimum absolute atomic E-state index is 0.151. The zero-order valence-electron chi connectivity index (χ0n) is 9.98. The van der Waals surface area contributed by atoms with Gasteiger partial charge in [-0.3, -0.25) is 0 Å². The first kappa shape index (κ1) is 12.7. The Bertz CT molecular complexity index is 554. The number of nitrogens with one attached hydrogen (secondary N) is 1. The standard InChI is InChI=1S/C14H13FN2S/c1-10(11-2-4-12(15)5-3-11)17-9-14-7-6-13(8-16)18-14/h2-7,10,17H,9H2,1H3/t10-/m1/s1. The topological polar surface area (TPSA) is 35.8 Å². The van der Waals surface area contributed by atoms with E-state index >= 15 is 0 Å². The molecule has 1 aromatic heterocycles. The molecule has 1 N–H and O–H groups in total. The van der Waals surface area contributed by atoms with Gasteiger partial charge in [0.25, 0.3) is 0 Å². The third kappa shape index (κ3) is 3.16. The molecule has 0 saturated heterocycles. The van der Waals surface area contributed by atoms with Gasteiger partial charge in [-0.15, -0.1) is 11.3 Å². The van der Waals surface area contributed by atoms with E-state index in [0.29, 0.717) is 6.54 Å². The molecular weight excluding hydrogens is 247 g/mol. The lowest BCUT2D eigenvalue weighted by atomic mass is 10.1. The monoisotopic (exact) mass is 260 g/mol. The fourth-order valence-corrected chi connectivity index (χ4v) is 2.41. The summed E-state index contributed by atoms with van der Waals surface area (Å²) in [5.41, 5.74) is 1.05. The van der Waals surface area contributed by atoms with Gasteiger partial charge in [-0.05, 0) is 36.8 Å². The highest BCUT2D eigenvalue weighted by Gasteiger charge is 2.06. The van der Waals surface area contributed by atoms with Gasteiger partial charge < -0.3 is 5.32 Å². The van der Waals surface area contributed by atoms with Gasteiger partial charge in [0, 0.05) is 17.5 Å². The molecule has 2 rings (SSSR count). The molecule has 0 fully saturated rings. The molecule has 1 heterocycles. The highest BCUT2D eigenvalue weighted by Crippen LogP contribution is 2.18. The molecular formula is C14H13FN2S. The van der Waals surface area contributed by atoms with E-state index in [4.69, 9.17) is 5.26 Å². The lowest BCUT2D eigenvalue weighted by Gasteiger charge is -2.13. The van der Waals surface area contributed by atoms with Crippen LogP contribution >= 0.6 is 11.3 Å². The Morgan fingerprint density at radius 2 is 2.00 bits per heavy atom. The SMILES string of the molecule is C[C@@H](NCc1ccc(C#N)s1)c1ccc(F)cc1. The molecule has 0 spiro atoms. The maximum absolute atomic E-state index is 12.8. The van der Waals surface area contributed by atoms with E-state index in [0.717, 1.165) is 15.3 Å². The Kier molecular flexibility index (Phi) is 4.08. The van der Waals surface area contributed by atoms with Crippen LogP contribution in [0.15, 0.2) is 36.4 Å². The molecule has 1 atom stereocenters. The fraction of sp³-hybridized carbons (Fsp3) is 0.214. The minimum atomic E-state index is -0.220. The normalized spacial score (nSPS) is 12.1. The maximum atomic E-state index is 12.8. The van der Waals surface area contributed by atoms with Crippen molar-refractivity contribution in [2.45, 2.75) is 19.5 Å². The van der Waals surface area contributed by atoms with Crippen LogP contribution in [0.2, 0.25) is 0 Å². The number of benzene rings is 1. The van der Waals surface area contributed by atoms with Crippen LogP contribution in [-0.2, 0) is 6.54 Å². The molecule has 0 aliphatic rings. The fourth-order valence-electron chi connectivity index (χ4n) is 1.66. The van der Waals surface area contributed by atoms with Gasteiger partial charge in [0.05, 0.1) is 0 Å². The van der Waals surface area contributed by atoms with E-state index in [-0.39, 0.29) is 11.9 Å². The summed E-state index contributed by atoms with van der Waals surface area (Å²) < 4.78 is 12.8. The van der Waals surface area contributed by atoms with Crippen molar-refractivity contribution in [1.82, 2.24) is 5.32 Å². The van der Waals surface area contributed by atoms with E-state index in [9.17, 15) is 4.39 Å². The lowest BCUT2D eigenvalue weighted by molar-refractivity contribution is 0.575. The molecule has 0 bridgehead atoms. The van der Waals surface area contributed by atoms with Crippen LogP contribution in [0.5, 0.6) is 0 Å². The molecule has 0 unspecified atom stereocenters. The second kappa shape index (κ2) is 5.76. The smallest absolute Gasteiger partial charge is 0.123 e. The predicted octanol–water partition coefficient (Wildman–Crippen LogP) is 3.61. The average molecular weight is 260 g/mol. The Labute approximate surface area is 110 Å². The molecule has 92 valence electrons. The quantitative estimate of drug-likeness (QED) is 0.911. The Morgan fingerprint density at radius 1 is 1.28 bits per heavy atom. The van der Waals surface area contributed by atoms with Crippen molar-refractivity contribution < 1.29 is 4.39 Å². The number of halogens is 1. The van der Waals surface area contributed by atoms with Crippen LogP contribution in [0.1, 0.15) is 28.3 Å². The lowest BCUT2D eigenvalue weighted by Crippen LogP contribution is -2.17. The molecule has 1 aromatic carbocycles. The molecule has 0 saturated carbocycles. The molecule has 0 aliphatic carbocycles. The van der Waals surface area contributed by atoms with Gasteiger partial charge in [-0.25, -0.2) is 4.39 Å². The van der Waals surface area contributed by atoms with Gasteiger partial charge in [-0.2, -0.15) is 5.26 Å². The van der Waals surface area contributed by atoms with Gasteiger partial charge in [-0.1, -0.05) is 12.1 Å². The van der Waals surface area contributed by atoms with E-state index in [1.165, 1.54) is 23.5 Å². The number of nitrogens with zero attached hydrogens (tertiary/aromatic N) is 1. The summed E-state index contributed by atoms with van der Waals surface area (Å²) in [6.45, 7) is 2.75. The van der Waals surface area contributed by atoms with Crippen molar-refractivity contribution >= 4 is 11.3 Å². The third-order valence-corrected chi connectivity index (χ3v) is 3.71. The van der Waals surface area contributed by atoms with Crippen molar-refractivity contribution in [2.24, 2.45) is 0 Å². The van der Waals surface area contributed by atoms with Crippen LogP contribution in [0.25, 0.3) is 0 Å². The second-order valence-electron chi connectivity index (χ2n) is 4.03. The van der Waals surface area contributed by atoms with Crippen molar-refractivity contribution in [3.05, 3.63) is 57.5 Å². The maximum Gasteiger partial charge on any atom is 0.123 e. The van der Waals surface area contributed by atoms with Gasteiger partial charge in [0.15, 0.2) is 0 Å². The number of nitriles is 1. The molecule has 18 heavy (non-hydrogen) atoms. The number of thiophene rings is 1. The highest BCUT2D eigenvalue weighted by molar-refractivity contribution is 7.12. The van der Waals surface area contributed by atoms with Crippen LogP contribution in [0.4, 0.5) is 4.39 Å². The van der Waals surface area contributed by atoms with Gasteiger partial charge >= 0.3 is 0 Å². The predicted molar refractivity (Wildman–Crippen MR) is 70.7 cm³/mol. The first-order chi connectivity index (χ1) is 8.69.